The van der Waals surface area contributed by atoms with Gasteiger partial charge in [0.25, 0.3) is 5.56 Å². The predicted octanol–water partition coefficient (Wildman–Crippen LogP) is 4.16. The van der Waals surface area contributed by atoms with Gasteiger partial charge in [-0.05, 0) is 51.7 Å². The van der Waals surface area contributed by atoms with Gasteiger partial charge < -0.3 is 10.2 Å². The van der Waals surface area contributed by atoms with E-state index in [1.165, 1.54) is 12.8 Å². The molecular weight excluding hydrogens is 360 g/mol. The van der Waals surface area contributed by atoms with E-state index in [0.29, 0.717) is 5.39 Å². The summed E-state index contributed by atoms with van der Waals surface area (Å²) < 4.78 is 0. The molecule has 5 nitrogen and oxygen atoms in total. The average molecular weight is 387 g/mol. The van der Waals surface area contributed by atoms with E-state index in [1.54, 1.807) is 0 Å². The topological polar surface area (TPSA) is 61.0 Å². The summed E-state index contributed by atoms with van der Waals surface area (Å²) in [6.07, 6.45) is 3.59. The molecule has 0 saturated heterocycles. The standard InChI is InChI=1S/C21H26N4O.ClH/c1-25(2)14-7-3-6-13-22-17-10-8-9-16(15-17)20-18-11-4-5-12-19(18)21(26)24-23-20;/h4-5,8-12,15,22H,3,6-7,13-14H2,1-2H3,(H,24,26);1H. The molecule has 0 aliphatic rings. The first-order valence-electron chi connectivity index (χ1n) is 9.11. The van der Waals surface area contributed by atoms with Gasteiger partial charge in [-0.2, -0.15) is 5.10 Å². The van der Waals surface area contributed by atoms with Crippen molar-refractivity contribution in [1.82, 2.24) is 15.1 Å². The Bertz CT molecular complexity index is 923. The Balaban J connectivity index is 0.00000261. The fraction of sp³-hybridized carbons (Fsp3) is 0.333. The number of nitrogens with zero attached hydrogens (tertiary/aromatic N) is 2. The minimum atomic E-state index is -0.156. The second-order valence-corrected chi connectivity index (χ2v) is 6.82. The molecule has 0 bridgehead atoms. The van der Waals surface area contributed by atoms with Gasteiger partial charge in [0, 0.05) is 23.2 Å². The molecule has 27 heavy (non-hydrogen) atoms. The van der Waals surface area contributed by atoms with E-state index < -0.39 is 0 Å². The summed E-state index contributed by atoms with van der Waals surface area (Å²) in [7, 11) is 4.22. The molecule has 0 spiro atoms. The Hall–Kier alpha value is -2.37. The zero-order valence-corrected chi connectivity index (χ0v) is 16.7. The Morgan fingerprint density at radius 1 is 1.00 bits per heavy atom. The van der Waals surface area contributed by atoms with Crippen LogP contribution in [0.1, 0.15) is 19.3 Å². The minimum Gasteiger partial charge on any atom is -0.385 e. The van der Waals surface area contributed by atoms with Crippen molar-refractivity contribution in [3.63, 3.8) is 0 Å². The molecule has 1 heterocycles. The lowest BCUT2D eigenvalue weighted by molar-refractivity contribution is 0.393. The molecule has 0 aliphatic heterocycles. The molecule has 0 radical (unpaired) electrons. The molecule has 6 heteroatoms. The molecule has 3 rings (SSSR count). The Kier molecular flexibility index (Phi) is 7.82. The summed E-state index contributed by atoms with van der Waals surface area (Å²) >= 11 is 0. The molecule has 0 atom stereocenters. The molecule has 0 unspecified atom stereocenters. The Morgan fingerprint density at radius 2 is 1.78 bits per heavy atom. The van der Waals surface area contributed by atoms with Crippen LogP contribution in [-0.4, -0.2) is 42.3 Å². The molecular formula is C21H27ClN4O. The zero-order valence-electron chi connectivity index (χ0n) is 15.9. The Morgan fingerprint density at radius 3 is 2.56 bits per heavy atom. The van der Waals surface area contributed by atoms with Gasteiger partial charge in [0.2, 0.25) is 0 Å². The monoisotopic (exact) mass is 386 g/mol. The van der Waals surface area contributed by atoms with Crippen molar-refractivity contribution < 1.29 is 0 Å². The van der Waals surface area contributed by atoms with Crippen LogP contribution in [0.4, 0.5) is 5.69 Å². The fourth-order valence-electron chi connectivity index (χ4n) is 3.07. The second-order valence-electron chi connectivity index (χ2n) is 6.82. The number of anilines is 1. The van der Waals surface area contributed by atoms with Gasteiger partial charge in [0.1, 0.15) is 0 Å². The van der Waals surface area contributed by atoms with Crippen molar-refractivity contribution in [2.75, 3.05) is 32.5 Å². The van der Waals surface area contributed by atoms with Crippen LogP contribution in [-0.2, 0) is 0 Å². The largest absolute Gasteiger partial charge is 0.385 e. The average Bonchev–Trinajstić information content (AvgIpc) is 2.65. The zero-order chi connectivity index (χ0) is 18.4. The fourth-order valence-corrected chi connectivity index (χ4v) is 3.07. The van der Waals surface area contributed by atoms with Gasteiger partial charge in [0.05, 0.1) is 11.1 Å². The maximum atomic E-state index is 12.0. The molecule has 3 aromatic rings. The number of halogens is 1. The van der Waals surface area contributed by atoms with Gasteiger partial charge >= 0.3 is 0 Å². The lowest BCUT2D eigenvalue weighted by atomic mass is 10.0. The van der Waals surface area contributed by atoms with Gasteiger partial charge in [-0.1, -0.05) is 36.8 Å². The van der Waals surface area contributed by atoms with Crippen LogP contribution in [0.2, 0.25) is 0 Å². The van der Waals surface area contributed by atoms with E-state index in [9.17, 15) is 4.79 Å². The number of unbranched alkanes of at least 4 members (excludes halogenated alkanes) is 2. The summed E-state index contributed by atoms with van der Waals surface area (Å²) in [5.41, 5.74) is 2.72. The smallest absolute Gasteiger partial charge is 0.272 e. The number of hydrogen-bond donors (Lipinski definition) is 2. The molecule has 0 aliphatic carbocycles. The summed E-state index contributed by atoms with van der Waals surface area (Å²) in [6.45, 7) is 2.09. The number of hydrogen-bond acceptors (Lipinski definition) is 4. The van der Waals surface area contributed by atoms with Crippen molar-refractivity contribution in [3.8, 4) is 11.3 Å². The van der Waals surface area contributed by atoms with Crippen molar-refractivity contribution in [3.05, 3.63) is 58.9 Å². The molecule has 1 aromatic heterocycles. The second kappa shape index (κ2) is 10.1. The van der Waals surface area contributed by atoms with Crippen molar-refractivity contribution in [1.29, 1.82) is 0 Å². The number of aromatic nitrogens is 2. The van der Waals surface area contributed by atoms with Gasteiger partial charge in [-0.15, -0.1) is 12.4 Å². The highest BCUT2D eigenvalue weighted by Gasteiger charge is 2.08. The van der Waals surface area contributed by atoms with Crippen LogP contribution in [0, 0.1) is 0 Å². The molecule has 2 aromatic carbocycles. The SMILES string of the molecule is CN(C)CCCCCNc1cccc(-c2n[nH]c(=O)c3ccccc23)c1.Cl. The van der Waals surface area contributed by atoms with Crippen LogP contribution in [0.15, 0.2) is 53.3 Å². The van der Waals surface area contributed by atoms with Crippen LogP contribution in [0.3, 0.4) is 0 Å². The van der Waals surface area contributed by atoms with E-state index in [2.05, 4.69) is 46.6 Å². The third-order valence-corrected chi connectivity index (χ3v) is 4.44. The highest BCUT2D eigenvalue weighted by atomic mass is 35.5. The number of fused-ring (bicyclic) bond motifs is 1. The number of benzene rings is 2. The normalized spacial score (nSPS) is 10.8. The third-order valence-electron chi connectivity index (χ3n) is 4.44. The van der Waals surface area contributed by atoms with Crippen LogP contribution in [0.5, 0.6) is 0 Å². The number of aromatic amines is 1. The van der Waals surface area contributed by atoms with Crippen molar-refractivity contribution in [2.24, 2.45) is 0 Å². The summed E-state index contributed by atoms with van der Waals surface area (Å²) in [5.74, 6) is 0. The minimum absolute atomic E-state index is 0. The van der Waals surface area contributed by atoms with E-state index >= 15 is 0 Å². The van der Waals surface area contributed by atoms with E-state index in [-0.39, 0.29) is 18.0 Å². The number of rotatable bonds is 8. The van der Waals surface area contributed by atoms with Crippen LogP contribution in [0.25, 0.3) is 22.0 Å². The van der Waals surface area contributed by atoms with E-state index in [0.717, 1.165) is 41.8 Å². The molecule has 0 saturated carbocycles. The predicted molar refractivity (Wildman–Crippen MR) is 116 cm³/mol. The Labute approximate surface area is 166 Å². The lowest BCUT2D eigenvalue weighted by Crippen LogP contribution is -2.13. The molecule has 144 valence electrons. The molecule has 0 fully saturated rings. The highest BCUT2D eigenvalue weighted by molar-refractivity contribution is 5.94. The van der Waals surface area contributed by atoms with Gasteiger partial charge in [0.15, 0.2) is 0 Å². The number of H-pyrrole nitrogens is 1. The first kappa shape index (κ1) is 20.9. The van der Waals surface area contributed by atoms with Gasteiger partial charge in [-0.3, -0.25) is 4.79 Å². The van der Waals surface area contributed by atoms with Gasteiger partial charge in [-0.25, -0.2) is 5.10 Å². The first-order chi connectivity index (χ1) is 12.6. The quantitative estimate of drug-likeness (QED) is 0.571. The number of nitrogens with one attached hydrogen (secondary N) is 2. The van der Waals surface area contributed by atoms with Crippen molar-refractivity contribution in [2.45, 2.75) is 19.3 Å². The highest BCUT2D eigenvalue weighted by Crippen LogP contribution is 2.26. The van der Waals surface area contributed by atoms with Crippen LogP contribution < -0.4 is 10.9 Å². The maximum absolute atomic E-state index is 12.0. The van der Waals surface area contributed by atoms with Crippen molar-refractivity contribution >= 4 is 28.9 Å². The molecule has 0 amide bonds. The summed E-state index contributed by atoms with van der Waals surface area (Å²) in [6, 6.07) is 15.8. The summed E-state index contributed by atoms with van der Waals surface area (Å²) in [5, 5.41) is 11.9. The van der Waals surface area contributed by atoms with E-state index in [4.69, 9.17) is 0 Å². The third kappa shape index (κ3) is 5.55. The lowest BCUT2D eigenvalue weighted by Gasteiger charge is -2.11. The maximum Gasteiger partial charge on any atom is 0.272 e. The first-order valence-corrected chi connectivity index (χ1v) is 9.11. The summed E-state index contributed by atoms with van der Waals surface area (Å²) in [4.78, 5) is 14.2. The van der Waals surface area contributed by atoms with Crippen LogP contribution >= 0.6 is 12.4 Å². The van der Waals surface area contributed by atoms with E-state index in [1.807, 2.05) is 36.4 Å². The molecule has 2 N–H and O–H groups in total.